The van der Waals surface area contributed by atoms with Gasteiger partial charge >= 0.3 is 0 Å². The summed E-state index contributed by atoms with van der Waals surface area (Å²) in [6.07, 6.45) is 8.32. The Labute approximate surface area is 231 Å². The van der Waals surface area contributed by atoms with Gasteiger partial charge in [-0.3, -0.25) is 14.6 Å². The van der Waals surface area contributed by atoms with Crippen molar-refractivity contribution < 1.29 is 9.59 Å². The van der Waals surface area contributed by atoms with Gasteiger partial charge in [-0.05, 0) is 91.6 Å². The van der Waals surface area contributed by atoms with E-state index in [-0.39, 0.29) is 17.7 Å². The van der Waals surface area contributed by atoms with E-state index in [0.29, 0.717) is 31.1 Å². The molecule has 0 atom stereocenters. The van der Waals surface area contributed by atoms with Crippen molar-refractivity contribution in [2.75, 3.05) is 36.4 Å². The minimum atomic E-state index is -0.172. The van der Waals surface area contributed by atoms with Gasteiger partial charge in [0.1, 0.15) is 0 Å². The molecule has 7 heteroatoms. The first-order valence-corrected chi connectivity index (χ1v) is 14.2. The number of nitrogens with zero attached hydrogens (tertiary/aromatic N) is 3. The molecule has 3 N–H and O–H groups in total. The molecule has 2 heterocycles. The highest BCUT2D eigenvalue weighted by molar-refractivity contribution is 6.06. The number of pyridine rings is 1. The van der Waals surface area contributed by atoms with Gasteiger partial charge in [-0.25, -0.2) is 0 Å². The van der Waals surface area contributed by atoms with Gasteiger partial charge in [0.15, 0.2) is 0 Å². The zero-order valence-corrected chi connectivity index (χ0v) is 22.8. The highest BCUT2D eigenvalue weighted by Crippen LogP contribution is 2.35. The van der Waals surface area contributed by atoms with E-state index in [1.165, 1.54) is 0 Å². The number of anilines is 2. The lowest BCUT2D eigenvalue weighted by molar-refractivity contribution is -0.133. The zero-order valence-electron chi connectivity index (χ0n) is 22.8. The van der Waals surface area contributed by atoms with E-state index in [1.807, 2.05) is 11.0 Å². The van der Waals surface area contributed by atoms with Crippen molar-refractivity contribution in [3.63, 3.8) is 0 Å². The Hall–Kier alpha value is -3.71. The Kier molecular flexibility index (Phi) is 8.57. The smallest absolute Gasteiger partial charge is 0.257 e. The van der Waals surface area contributed by atoms with Crippen LogP contribution in [0.2, 0.25) is 0 Å². The molecule has 39 heavy (non-hydrogen) atoms. The molecule has 204 valence electrons. The molecule has 3 aromatic rings. The average molecular weight is 526 g/mol. The van der Waals surface area contributed by atoms with E-state index < -0.39 is 0 Å². The number of hydrogen-bond acceptors (Lipinski definition) is 5. The SMILES string of the molecule is CC1CCN(c2ccc(-c3cccc(CN(CCCN)C(=O)C4CC4)c3)cc2NC(=O)c2cccnc2)CC1. The molecule has 2 aromatic carbocycles. The summed E-state index contributed by atoms with van der Waals surface area (Å²) in [4.78, 5) is 34.4. The van der Waals surface area contributed by atoms with Gasteiger partial charge in [0, 0.05) is 44.5 Å². The van der Waals surface area contributed by atoms with Crippen molar-refractivity contribution in [3.05, 3.63) is 78.1 Å². The summed E-state index contributed by atoms with van der Waals surface area (Å²) in [6.45, 7) is 6.08. The summed E-state index contributed by atoms with van der Waals surface area (Å²) in [5.41, 5.74) is 11.3. The first-order chi connectivity index (χ1) is 19.0. The number of aromatic nitrogens is 1. The first-order valence-electron chi connectivity index (χ1n) is 14.2. The van der Waals surface area contributed by atoms with Crippen LogP contribution in [-0.4, -0.2) is 47.9 Å². The number of carbonyl (C=O) groups is 2. The Morgan fingerprint density at radius 1 is 1.03 bits per heavy atom. The number of hydrogen-bond donors (Lipinski definition) is 2. The quantitative estimate of drug-likeness (QED) is 0.374. The van der Waals surface area contributed by atoms with Crippen molar-refractivity contribution in [1.29, 1.82) is 0 Å². The van der Waals surface area contributed by atoms with E-state index in [4.69, 9.17) is 5.73 Å². The highest BCUT2D eigenvalue weighted by Gasteiger charge is 2.33. The molecular weight excluding hydrogens is 486 g/mol. The summed E-state index contributed by atoms with van der Waals surface area (Å²) in [5, 5.41) is 3.16. The lowest BCUT2D eigenvalue weighted by atomic mass is 9.97. The molecule has 2 aliphatic rings. The molecule has 0 bridgehead atoms. The molecule has 0 unspecified atom stereocenters. The van der Waals surface area contributed by atoms with Gasteiger partial charge in [0.05, 0.1) is 16.9 Å². The van der Waals surface area contributed by atoms with Crippen molar-refractivity contribution in [3.8, 4) is 11.1 Å². The molecule has 2 amide bonds. The van der Waals surface area contributed by atoms with Crippen LogP contribution >= 0.6 is 0 Å². The maximum absolute atomic E-state index is 13.1. The van der Waals surface area contributed by atoms with E-state index >= 15 is 0 Å². The predicted octanol–water partition coefficient (Wildman–Crippen LogP) is 5.32. The molecule has 2 fully saturated rings. The molecule has 1 saturated heterocycles. The third-order valence-corrected chi connectivity index (χ3v) is 7.80. The summed E-state index contributed by atoms with van der Waals surface area (Å²) in [6, 6.07) is 18.2. The summed E-state index contributed by atoms with van der Waals surface area (Å²) in [5.74, 6) is 0.972. The van der Waals surface area contributed by atoms with Gasteiger partial charge < -0.3 is 20.9 Å². The maximum Gasteiger partial charge on any atom is 0.257 e. The van der Waals surface area contributed by atoms with Gasteiger partial charge in [0.2, 0.25) is 5.91 Å². The highest BCUT2D eigenvalue weighted by atomic mass is 16.2. The lowest BCUT2D eigenvalue weighted by Gasteiger charge is -2.33. The lowest BCUT2D eigenvalue weighted by Crippen LogP contribution is -2.33. The second-order valence-corrected chi connectivity index (χ2v) is 11.0. The van der Waals surface area contributed by atoms with Crippen LogP contribution in [-0.2, 0) is 11.3 Å². The minimum Gasteiger partial charge on any atom is -0.370 e. The first kappa shape index (κ1) is 26.9. The molecule has 0 radical (unpaired) electrons. The average Bonchev–Trinajstić information content (AvgIpc) is 3.82. The Balaban J connectivity index is 1.42. The summed E-state index contributed by atoms with van der Waals surface area (Å²) < 4.78 is 0. The number of benzene rings is 2. The number of nitrogens with one attached hydrogen (secondary N) is 1. The number of nitrogens with two attached hydrogens (primary N) is 1. The van der Waals surface area contributed by atoms with Crippen LogP contribution < -0.4 is 16.0 Å². The van der Waals surface area contributed by atoms with Crippen molar-refractivity contribution in [2.24, 2.45) is 17.6 Å². The van der Waals surface area contributed by atoms with Crippen molar-refractivity contribution >= 4 is 23.2 Å². The van der Waals surface area contributed by atoms with E-state index in [2.05, 4.69) is 58.5 Å². The van der Waals surface area contributed by atoms with E-state index in [0.717, 1.165) is 73.3 Å². The van der Waals surface area contributed by atoms with Gasteiger partial charge in [-0.2, -0.15) is 0 Å². The fourth-order valence-electron chi connectivity index (χ4n) is 5.24. The Bertz CT molecular complexity index is 1280. The number of carbonyl (C=O) groups excluding carboxylic acids is 2. The normalized spacial score (nSPS) is 15.7. The van der Waals surface area contributed by atoms with E-state index in [9.17, 15) is 9.59 Å². The van der Waals surface area contributed by atoms with Crippen LogP contribution in [0.3, 0.4) is 0 Å². The monoisotopic (exact) mass is 525 g/mol. The molecule has 1 saturated carbocycles. The van der Waals surface area contributed by atoms with Crippen LogP contribution in [0.5, 0.6) is 0 Å². The van der Waals surface area contributed by atoms with Crippen LogP contribution in [0.4, 0.5) is 11.4 Å². The Morgan fingerprint density at radius 3 is 2.54 bits per heavy atom. The topological polar surface area (TPSA) is 91.6 Å². The standard InChI is InChI=1S/C32H39N5O2/c1-23-12-17-36(18-13-23)30-11-10-27(20-29(30)35-31(38)28-7-3-15-34-21-28)26-6-2-5-24(19-26)22-37(16-4-14-33)32(39)25-8-9-25/h2-3,5-7,10-11,15,19-21,23,25H,4,8-9,12-14,16-18,22,33H2,1H3,(H,35,38). The Morgan fingerprint density at radius 2 is 1.82 bits per heavy atom. The number of rotatable bonds is 10. The van der Waals surface area contributed by atoms with Gasteiger partial charge in [-0.1, -0.05) is 31.2 Å². The molecule has 0 spiro atoms. The van der Waals surface area contributed by atoms with Crippen LogP contribution in [0, 0.1) is 11.8 Å². The molecular formula is C32H39N5O2. The summed E-state index contributed by atoms with van der Waals surface area (Å²) >= 11 is 0. The molecule has 1 aliphatic heterocycles. The van der Waals surface area contributed by atoms with Crippen LogP contribution in [0.1, 0.15) is 54.9 Å². The van der Waals surface area contributed by atoms with Crippen molar-refractivity contribution in [2.45, 2.75) is 45.6 Å². The molecule has 7 nitrogen and oxygen atoms in total. The third-order valence-electron chi connectivity index (χ3n) is 7.80. The predicted molar refractivity (Wildman–Crippen MR) is 156 cm³/mol. The van der Waals surface area contributed by atoms with Gasteiger partial charge in [-0.15, -0.1) is 0 Å². The number of piperidine rings is 1. The largest absolute Gasteiger partial charge is 0.370 e. The van der Waals surface area contributed by atoms with E-state index in [1.54, 1.807) is 24.5 Å². The second-order valence-electron chi connectivity index (χ2n) is 11.0. The minimum absolute atomic E-state index is 0.172. The maximum atomic E-state index is 13.1. The molecule has 1 aromatic heterocycles. The fraction of sp³-hybridized carbons (Fsp3) is 0.406. The fourth-order valence-corrected chi connectivity index (χ4v) is 5.24. The van der Waals surface area contributed by atoms with Crippen LogP contribution in [0.15, 0.2) is 67.0 Å². The van der Waals surface area contributed by atoms with Crippen molar-refractivity contribution in [1.82, 2.24) is 9.88 Å². The molecule has 1 aliphatic carbocycles. The molecule has 5 rings (SSSR count). The summed E-state index contributed by atoms with van der Waals surface area (Å²) in [7, 11) is 0. The van der Waals surface area contributed by atoms with Gasteiger partial charge in [0.25, 0.3) is 5.91 Å². The third kappa shape index (κ3) is 6.84. The zero-order chi connectivity index (χ0) is 27.2. The number of amides is 2. The van der Waals surface area contributed by atoms with Crippen LogP contribution in [0.25, 0.3) is 11.1 Å². The second kappa shape index (κ2) is 12.4.